The standard InChI is InChI=1S/C16H14FN5O/c17-13-3-1-2-12(6-13)10-22-5-4-21(11-16(22)23)15-9-19-14(7-18)8-20-15/h1-3,6,8-9H,4-5,10-11H2. The zero-order chi connectivity index (χ0) is 16.2. The van der Waals surface area contributed by atoms with E-state index in [0.717, 1.165) is 5.56 Å². The lowest BCUT2D eigenvalue weighted by molar-refractivity contribution is -0.131. The van der Waals surface area contributed by atoms with Crippen molar-refractivity contribution in [2.75, 3.05) is 24.5 Å². The zero-order valence-corrected chi connectivity index (χ0v) is 12.3. The molecule has 3 rings (SSSR count). The molecule has 0 radical (unpaired) electrons. The quantitative estimate of drug-likeness (QED) is 0.855. The highest BCUT2D eigenvalue weighted by Crippen LogP contribution is 2.15. The fourth-order valence-corrected chi connectivity index (χ4v) is 2.47. The van der Waals surface area contributed by atoms with Gasteiger partial charge in [-0.2, -0.15) is 5.26 Å². The van der Waals surface area contributed by atoms with Gasteiger partial charge in [-0.25, -0.2) is 14.4 Å². The number of benzene rings is 1. The molecule has 7 heteroatoms. The average molecular weight is 311 g/mol. The van der Waals surface area contributed by atoms with Crippen LogP contribution in [-0.2, 0) is 11.3 Å². The predicted octanol–water partition coefficient (Wildman–Crippen LogP) is 1.34. The fourth-order valence-electron chi connectivity index (χ4n) is 2.47. The number of rotatable bonds is 3. The average Bonchev–Trinajstić information content (AvgIpc) is 2.57. The molecule has 0 aliphatic carbocycles. The zero-order valence-electron chi connectivity index (χ0n) is 12.3. The number of carbonyl (C=O) groups is 1. The van der Waals surface area contributed by atoms with Gasteiger partial charge in [0, 0.05) is 19.6 Å². The Labute approximate surface area is 132 Å². The van der Waals surface area contributed by atoms with Crippen LogP contribution in [0.3, 0.4) is 0 Å². The minimum absolute atomic E-state index is 0.0494. The second kappa shape index (κ2) is 6.40. The summed E-state index contributed by atoms with van der Waals surface area (Å²) >= 11 is 0. The van der Waals surface area contributed by atoms with Crippen LogP contribution >= 0.6 is 0 Å². The SMILES string of the molecule is N#Cc1cnc(N2CCN(Cc3cccc(F)c3)C(=O)C2)cn1. The Kier molecular flexibility index (Phi) is 4.15. The fraction of sp³-hybridized carbons (Fsp3) is 0.250. The van der Waals surface area contributed by atoms with Gasteiger partial charge in [-0.05, 0) is 17.7 Å². The molecule has 6 nitrogen and oxygen atoms in total. The molecule has 116 valence electrons. The number of nitrogens with zero attached hydrogens (tertiary/aromatic N) is 5. The van der Waals surface area contributed by atoms with Crippen LogP contribution in [0.1, 0.15) is 11.3 Å². The molecule has 1 aliphatic heterocycles. The first-order valence-electron chi connectivity index (χ1n) is 7.15. The summed E-state index contributed by atoms with van der Waals surface area (Å²) in [4.78, 5) is 23.9. The number of hydrogen-bond donors (Lipinski definition) is 0. The maximum atomic E-state index is 13.2. The molecule has 0 saturated carbocycles. The van der Waals surface area contributed by atoms with Crippen molar-refractivity contribution in [3.63, 3.8) is 0 Å². The van der Waals surface area contributed by atoms with Gasteiger partial charge in [0.05, 0.1) is 18.9 Å². The Morgan fingerprint density at radius 3 is 2.78 bits per heavy atom. The molecule has 0 spiro atoms. The Hall–Kier alpha value is -3.01. The van der Waals surface area contributed by atoms with Gasteiger partial charge in [-0.1, -0.05) is 12.1 Å². The van der Waals surface area contributed by atoms with E-state index in [4.69, 9.17) is 5.26 Å². The van der Waals surface area contributed by atoms with Crippen molar-refractivity contribution in [1.29, 1.82) is 5.26 Å². The largest absolute Gasteiger partial charge is 0.344 e. The van der Waals surface area contributed by atoms with E-state index in [9.17, 15) is 9.18 Å². The van der Waals surface area contributed by atoms with Gasteiger partial charge in [0.1, 0.15) is 17.7 Å². The summed E-state index contributed by atoms with van der Waals surface area (Å²) in [6, 6.07) is 8.16. The Balaban J connectivity index is 1.65. The van der Waals surface area contributed by atoms with Crippen LogP contribution < -0.4 is 4.90 Å². The molecule has 1 fully saturated rings. The molecule has 1 saturated heterocycles. The Bertz CT molecular complexity index is 756. The molecular formula is C16H14FN5O. The third kappa shape index (κ3) is 3.43. The number of hydrogen-bond acceptors (Lipinski definition) is 5. The van der Waals surface area contributed by atoms with Gasteiger partial charge in [0.15, 0.2) is 5.69 Å². The summed E-state index contributed by atoms with van der Waals surface area (Å²) in [6.07, 6.45) is 2.88. The van der Waals surface area contributed by atoms with Crippen molar-refractivity contribution in [2.24, 2.45) is 0 Å². The van der Waals surface area contributed by atoms with Gasteiger partial charge < -0.3 is 9.80 Å². The number of amides is 1. The maximum Gasteiger partial charge on any atom is 0.242 e. The minimum atomic E-state index is -0.304. The van der Waals surface area contributed by atoms with Gasteiger partial charge in [-0.15, -0.1) is 0 Å². The number of anilines is 1. The molecule has 2 aromatic rings. The summed E-state index contributed by atoms with van der Waals surface area (Å²) in [5, 5.41) is 8.72. The minimum Gasteiger partial charge on any atom is -0.344 e. The first kappa shape index (κ1) is 14.9. The first-order chi connectivity index (χ1) is 11.2. The Morgan fingerprint density at radius 1 is 1.26 bits per heavy atom. The number of nitriles is 1. The highest BCUT2D eigenvalue weighted by molar-refractivity contribution is 5.82. The van der Waals surface area contributed by atoms with Crippen LogP contribution in [0.15, 0.2) is 36.7 Å². The van der Waals surface area contributed by atoms with Crippen LogP contribution in [0.25, 0.3) is 0 Å². The van der Waals surface area contributed by atoms with E-state index in [0.29, 0.717) is 25.5 Å². The third-order valence-corrected chi connectivity index (χ3v) is 3.66. The number of halogens is 1. The van der Waals surface area contributed by atoms with E-state index in [1.807, 2.05) is 11.0 Å². The molecular weight excluding hydrogens is 297 g/mol. The summed E-state index contributed by atoms with van der Waals surface area (Å²) in [5.41, 5.74) is 1.01. The van der Waals surface area contributed by atoms with Gasteiger partial charge in [0.25, 0.3) is 0 Å². The summed E-state index contributed by atoms with van der Waals surface area (Å²) < 4.78 is 13.2. The number of aromatic nitrogens is 2. The molecule has 0 unspecified atom stereocenters. The van der Waals surface area contributed by atoms with Crippen molar-refractivity contribution < 1.29 is 9.18 Å². The van der Waals surface area contributed by atoms with E-state index in [2.05, 4.69) is 9.97 Å². The smallest absolute Gasteiger partial charge is 0.242 e. The highest BCUT2D eigenvalue weighted by Gasteiger charge is 2.25. The number of carbonyl (C=O) groups excluding carboxylic acids is 1. The molecule has 0 atom stereocenters. The van der Waals surface area contributed by atoms with Crippen LogP contribution in [0.4, 0.5) is 10.2 Å². The van der Waals surface area contributed by atoms with Gasteiger partial charge >= 0.3 is 0 Å². The lowest BCUT2D eigenvalue weighted by Crippen LogP contribution is -2.50. The van der Waals surface area contributed by atoms with Gasteiger partial charge in [0.2, 0.25) is 5.91 Å². The van der Waals surface area contributed by atoms with E-state index in [1.54, 1.807) is 17.0 Å². The highest BCUT2D eigenvalue weighted by atomic mass is 19.1. The normalized spacial score (nSPS) is 14.7. The van der Waals surface area contributed by atoms with Crippen LogP contribution in [0.5, 0.6) is 0 Å². The van der Waals surface area contributed by atoms with Crippen molar-refractivity contribution >= 4 is 11.7 Å². The lowest BCUT2D eigenvalue weighted by Gasteiger charge is -2.34. The van der Waals surface area contributed by atoms with Crippen LogP contribution in [0, 0.1) is 17.1 Å². The van der Waals surface area contributed by atoms with E-state index in [-0.39, 0.29) is 24.0 Å². The Morgan fingerprint density at radius 2 is 2.13 bits per heavy atom. The molecule has 0 N–H and O–H groups in total. The van der Waals surface area contributed by atoms with Crippen molar-refractivity contribution in [3.05, 3.63) is 53.7 Å². The van der Waals surface area contributed by atoms with Gasteiger partial charge in [-0.3, -0.25) is 4.79 Å². The third-order valence-electron chi connectivity index (χ3n) is 3.66. The van der Waals surface area contributed by atoms with Crippen molar-refractivity contribution in [2.45, 2.75) is 6.54 Å². The summed E-state index contributed by atoms with van der Waals surface area (Å²) in [7, 11) is 0. The second-order valence-electron chi connectivity index (χ2n) is 5.24. The van der Waals surface area contributed by atoms with Crippen LogP contribution in [0.2, 0.25) is 0 Å². The number of piperazine rings is 1. The van der Waals surface area contributed by atoms with E-state index in [1.165, 1.54) is 24.5 Å². The summed E-state index contributed by atoms with van der Waals surface area (Å²) in [6.45, 7) is 1.72. The molecule has 0 bridgehead atoms. The maximum absolute atomic E-state index is 13.2. The molecule has 1 amide bonds. The predicted molar refractivity (Wildman–Crippen MR) is 80.8 cm³/mol. The molecule has 23 heavy (non-hydrogen) atoms. The van der Waals surface area contributed by atoms with Crippen LogP contribution in [-0.4, -0.2) is 40.4 Å². The topological polar surface area (TPSA) is 73.1 Å². The molecule has 1 aromatic carbocycles. The summed E-state index contributed by atoms with van der Waals surface area (Å²) in [5.74, 6) is 0.218. The second-order valence-corrected chi connectivity index (χ2v) is 5.24. The van der Waals surface area contributed by atoms with Crippen molar-refractivity contribution in [3.8, 4) is 6.07 Å². The lowest BCUT2D eigenvalue weighted by atomic mass is 10.2. The van der Waals surface area contributed by atoms with E-state index < -0.39 is 0 Å². The van der Waals surface area contributed by atoms with Crippen molar-refractivity contribution in [1.82, 2.24) is 14.9 Å². The first-order valence-corrected chi connectivity index (χ1v) is 7.15. The van der Waals surface area contributed by atoms with E-state index >= 15 is 0 Å². The monoisotopic (exact) mass is 311 g/mol. The molecule has 1 aliphatic rings. The molecule has 2 heterocycles. The molecule has 1 aromatic heterocycles.